The maximum atomic E-state index is 12.3. The minimum Gasteiger partial charge on any atom is -0.481 e. The number of fused-ring (bicyclic) bond motifs is 2. The van der Waals surface area contributed by atoms with Crippen LogP contribution >= 0.6 is 0 Å². The van der Waals surface area contributed by atoms with Gasteiger partial charge in [0.15, 0.2) is 22.3 Å². The van der Waals surface area contributed by atoms with Crippen molar-refractivity contribution in [3.05, 3.63) is 104 Å². The summed E-state index contributed by atoms with van der Waals surface area (Å²) in [5.74, 6) is -4.98. The number of anilines is 4. The number of rotatable bonds is 14. The number of benzene rings is 2. The van der Waals surface area contributed by atoms with Gasteiger partial charge in [-0.1, -0.05) is 0 Å². The zero-order valence-corrected chi connectivity index (χ0v) is 32.6. The van der Waals surface area contributed by atoms with Crippen LogP contribution in [0, 0.1) is 0 Å². The van der Waals surface area contributed by atoms with Crippen LogP contribution in [0.25, 0.3) is 22.3 Å². The van der Waals surface area contributed by atoms with Crippen LogP contribution in [0.2, 0.25) is 0 Å². The predicted octanol–water partition coefficient (Wildman–Crippen LogP) is -0.175. The molecule has 1 aliphatic rings. The van der Waals surface area contributed by atoms with E-state index in [1.807, 2.05) is 0 Å². The highest BCUT2D eigenvalue weighted by atomic mass is 16.6. The largest absolute Gasteiger partial charge is 0.481 e. The summed E-state index contributed by atoms with van der Waals surface area (Å²) in [5.41, 5.74) is 13.3. The molecule has 2 atom stereocenters. The van der Waals surface area contributed by atoms with E-state index in [-0.39, 0.29) is 78.6 Å². The number of amides is 2. The molecule has 0 saturated carbocycles. The number of nitrogen functional groups attached to an aromatic ring is 2. The van der Waals surface area contributed by atoms with Gasteiger partial charge in [0, 0.05) is 35.3 Å². The predicted molar refractivity (Wildman–Crippen MR) is 220 cm³/mol. The van der Waals surface area contributed by atoms with Gasteiger partial charge in [0.1, 0.15) is 12.1 Å². The molecule has 1 saturated heterocycles. The fraction of sp³-hybridized carbons (Fsp3) is 0.211. The Bertz CT molecular complexity index is 2850. The number of aromatic nitrogens is 8. The first-order chi connectivity index (χ1) is 30.1. The third kappa shape index (κ3) is 11.6. The standard InChI is InChI=1S/C19H19N7O6.C19H17N7O5/c20-19-25-15-14(17(30)26-19)23-11(8-22-15)7-21-10-3-1-9(2-4-10)16(29)24-12(18(31)32)5-6-13(27)28;20-19-25-15-14(17(29)26-19)23-11(8-22-15)7-21-10-3-1-9(2-4-10)16(28)24-12-5-6-13(27)31-18(12)30/h1-4,8,12,21H,5-7H2,(H,24,29)(H,27,28)(H,31,32)(H3,20,22,25,26,30);1-4,8,12,21H,5-7H2,(H,24,28)(H3,20,22,25,26,29). The number of esters is 2. The van der Waals surface area contributed by atoms with Gasteiger partial charge in [0.25, 0.3) is 22.9 Å². The molecule has 63 heavy (non-hydrogen) atoms. The van der Waals surface area contributed by atoms with Gasteiger partial charge < -0.3 is 47.7 Å². The van der Waals surface area contributed by atoms with Crippen molar-refractivity contribution in [3.63, 3.8) is 0 Å². The molecule has 5 heterocycles. The van der Waals surface area contributed by atoms with E-state index in [1.54, 1.807) is 36.4 Å². The third-order valence-corrected chi connectivity index (χ3v) is 8.91. The molecule has 6 aromatic rings. The average Bonchev–Trinajstić information content (AvgIpc) is 3.25. The molecule has 2 amide bonds. The Morgan fingerprint density at radius 3 is 1.68 bits per heavy atom. The van der Waals surface area contributed by atoms with Gasteiger partial charge in [-0.05, 0) is 61.4 Å². The third-order valence-electron chi connectivity index (χ3n) is 8.91. The highest BCUT2D eigenvalue weighted by Gasteiger charge is 2.30. The maximum absolute atomic E-state index is 12.3. The van der Waals surface area contributed by atoms with Crippen LogP contribution in [-0.4, -0.2) is 97.9 Å². The molecule has 324 valence electrons. The molecule has 0 spiro atoms. The number of nitrogens with one attached hydrogen (secondary N) is 6. The number of nitrogens with zero attached hydrogens (tertiary/aromatic N) is 6. The van der Waals surface area contributed by atoms with E-state index in [9.17, 15) is 38.4 Å². The van der Waals surface area contributed by atoms with Crippen LogP contribution in [-0.2, 0) is 37.0 Å². The van der Waals surface area contributed by atoms with E-state index in [0.717, 1.165) is 0 Å². The topological polar surface area (TPSA) is 395 Å². The van der Waals surface area contributed by atoms with Crippen molar-refractivity contribution in [1.82, 2.24) is 50.5 Å². The smallest absolute Gasteiger partial charge is 0.336 e. The van der Waals surface area contributed by atoms with Crippen LogP contribution in [0.3, 0.4) is 0 Å². The molecular weight excluding hydrogens is 829 g/mol. The number of carbonyl (C=O) groups excluding carboxylic acids is 4. The lowest BCUT2D eigenvalue weighted by Crippen LogP contribution is -2.45. The lowest BCUT2D eigenvalue weighted by molar-refractivity contribution is -0.165. The fourth-order valence-electron chi connectivity index (χ4n) is 5.73. The molecular formula is C38H36N14O11. The van der Waals surface area contributed by atoms with Crippen LogP contribution in [0.15, 0.2) is 70.5 Å². The summed E-state index contributed by atoms with van der Waals surface area (Å²) >= 11 is 0. The molecule has 25 heteroatoms. The van der Waals surface area contributed by atoms with E-state index < -0.39 is 58.9 Å². The Morgan fingerprint density at radius 1 is 0.730 bits per heavy atom. The maximum Gasteiger partial charge on any atom is 0.336 e. The second-order valence-corrected chi connectivity index (χ2v) is 13.5. The van der Waals surface area contributed by atoms with Crippen LogP contribution in [0.4, 0.5) is 23.3 Å². The van der Waals surface area contributed by atoms with Crippen molar-refractivity contribution in [2.45, 2.75) is 50.9 Å². The van der Waals surface area contributed by atoms with Crippen molar-refractivity contribution in [2.24, 2.45) is 0 Å². The van der Waals surface area contributed by atoms with E-state index >= 15 is 0 Å². The Labute approximate surface area is 352 Å². The van der Waals surface area contributed by atoms with Gasteiger partial charge in [0.2, 0.25) is 11.9 Å². The number of carbonyl (C=O) groups is 6. The lowest BCUT2D eigenvalue weighted by Gasteiger charge is -2.20. The summed E-state index contributed by atoms with van der Waals surface area (Å²) in [6.45, 7) is 0.509. The Hall–Kier alpha value is -8.90. The molecule has 2 unspecified atom stereocenters. The Balaban J connectivity index is 0.000000210. The molecule has 4 aromatic heterocycles. The first kappa shape index (κ1) is 43.7. The zero-order valence-electron chi connectivity index (χ0n) is 32.6. The number of H-pyrrole nitrogens is 2. The van der Waals surface area contributed by atoms with Gasteiger partial charge in [-0.3, -0.25) is 38.7 Å². The second-order valence-electron chi connectivity index (χ2n) is 13.5. The number of carboxylic acid groups (broad SMARTS) is 2. The SMILES string of the molecule is Nc1nc2ncc(CNc3ccc(C(=O)NC(CCC(=O)O)C(=O)O)cc3)nc2c(=O)[nH]1.Nc1nc2ncc(CNc3ccc(C(=O)NC4CCC(=O)OC4=O)cc3)nc2c(=O)[nH]1. The number of aliphatic carboxylic acids is 2. The number of aromatic amines is 2. The first-order valence-corrected chi connectivity index (χ1v) is 18.6. The van der Waals surface area contributed by atoms with Gasteiger partial charge >= 0.3 is 23.9 Å². The fourth-order valence-corrected chi connectivity index (χ4v) is 5.73. The van der Waals surface area contributed by atoms with Crippen molar-refractivity contribution >= 4 is 81.3 Å². The lowest BCUT2D eigenvalue weighted by atomic mass is 10.1. The molecule has 0 bridgehead atoms. The van der Waals surface area contributed by atoms with E-state index in [4.69, 9.17) is 21.7 Å². The molecule has 1 aliphatic heterocycles. The van der Waals surface area contributed by atoms with Gasteiger partial charge in [0.05, 0.1) is 36.9 Å². The van der Waals surface area contributed by atoms with Gasteiger partial charge in [-0.2, -0.15) is 9.97 Å². The quantitative estimate of drug-likeness (QED) is 0.0501. The molecule has 12 N–H and O–H groups in total. The molecule has 0 radical (unpaired) electrons. The summed E-state index contributed by atoms with van der Waals surface area (Å²) < 4.78 is 4.52. The number of ether oxygens (including phenoxy) is 1. The van der Waals surface area contributed by atoms with Crippen LogP contribution in [0.1, 0.15) is 57.8 Å². The Kier molecular flexibility index (Phi) is 13.5. The monoisotopic (exact) mass is 864 g/mol. The normalized spacial score (nSPS) is 13.8. The summed E-state index contributed by atoms with van der Waals surface area (Å²) in [6.07, 6.45) is 2.61. The average molecular weight is 865 g/mol. The number of nitrogens with two attached hydrogens (primary N) is 2. The van der Waals surface area contributed by atoms with Crippen LogP contribution < -0.4 is 43.9 Å². The number of hydrogen-bond acceptors (Lipinski definition) is 19. The zero-order chi connectivity index (χ0) is 45.2. The van der Waals surface area contributed by atoms with Crippen LogP contribution in [0.5, 0.6) is 0 Å². The number of carboxylic acids is 2. The van der Waals surface area contributed by atoms with Crippen molar-refractivity contribution in [3.8, 4) is 0 Å². The van der Waals surface area contributed by atoms with Crippen molar-refractivity contribution in [2.75, 3.05) is 22.1 Å². The Morgan fingerprint density at radius 2 is 1.22 bits per heavy atom. The number of cyclic esters (lactones) is 2. The molecule has 0 aliphatic carbocycles. The summed E-state index contributed by atoms with van der Waals surface area (Å²) in [6, 6.07) is 10.5. The summed E-state index contributed by atoms with van der Waals surface area (Å²) in [7, 11) is 0. The summed E-state index contributed by atoms with van der Waals surface area (Å²) in [4.78, 5) is 122. The number of hydrogen-bond donors (Lipinski definition) is 10. The van der Waals surface area contributed by atoms with Crippen molar-refractivity contribution < 1.29 is 43.7 Å². The van der Waals surface area contributed by atoms with E-state index in [1.165, 1.54) is 24.5 Å². The second kappa shape index (κ2) is 19.4. The van der Waals surface area contributed by atoms with Gasteiger partial charge in [-0.15, -0.1) is 0 Å². The molecule has 7 rings (SSSR count). The molecule has 25 nitrogen and oxygen atoms in total. The van der Waals surface area contributed by atoms with Gasteiger partial charge in [-0.25, -0.2) is 29.5 Å². The highest BCUT2D eigenvalue weighted by molar-refractivity contribution is 5.99. The van der Waals surface area contributed by atoms with Crippen molar-refractivity contribution in [1.29, 1.82) is 0 Å². The van der Waals surface area contributed by atoms with E-state index in [0.29, 0.717) is 28.3 Å². The minimum absolute atomic E-state index is 0.0318. The first-order valence-electron chi connectivity index (χ1n) is 18.6. The highest BCUT2D eigenvalue weighted by Crippen LogP contribution is 2.15. The minimum atomic E-state index is -1.31. The molecule has 1 fully saturated rings. The summed E-state index contributed by atoms with van der Waals surface area (Å²) in [5, 5.41) is 28.9. The molecule has 2 aromatic carbocycles. The van der Waals surface area contributed by atoms with E-state index in [2.05, 4.69) is 65.9 Å².